The van der Waals surface area contributed by atoms with Crippen LogP contribution in [0.1, 0.15) is 22.4 Å². The molecular weight excluding hydrogens is 512 g/mol. The van der Waals surface area contributed by atoms with E-state index in [2.05, 4.69) is 54.6 Å². The molecule has 5 heteroatoms. The first-order valence-electron chi connectivity index (χ1n) is 8.69. The van der Waals surface area contributed by atoms with E-state index in [1.165, 1.54) is 16.7 Å². The molecule has 0 fully saturated rings. The summed E-state index contributed by atoms with van der Waals surface area (Å²) in [6.07, 6.45) is 5.57. The number of hydrogen-bond donors (Lipinski definition) is 0. The average Bonchev–Trinajstić information content (AvgIpc) is 3.23. The van der Waals surface area contributed by atoms with Gasteiger partial charge in [0.05, 0.1) is 11.5 Å². The monoisotopic (exact) mass is 534 g/mol. The van der Waals surface area contributed by atoms with Gasteiger partial charge in [-0.25, -0.2) is 4.98 Å². The van der Waals surface area contributed by atoms with Crippen molar-refractivity contribution in [3.63, 3.8) is 0 Å². The van der Waals surface area contributed by atoms with Crippen LogP contribution in [0, 0.1) is 33.8 Å². The summed E-state index contributed by atoms with van der Waals surface area (Å²) in [7, 11) is 0. The molecule has 0 atom stereocenters. The molecule has 0 bridgehead atoms. The normalized spacial score (nSPS) is 10.7. The minimum Gasteiger partial charge on any atom is -0.319 e. The van der Waals surface area contributed by atoms with E-state index in [0.29, 0.717) is 0 Å². The van der Waals surface area contributed by atoms with Crippen molar-refractivity contribution in [2.24, 2.45) is 0 Å². The fourth-order valence-corrected chi connectivity index (χ4v) is 3.66. The van der Waals surface area contributed by atoms with Crippen LogP contribution in [0.2, 0.25) is 0 Å². The van der Waals surface area contributed by atoms with Crippen molar-refractivity contribution in [1.82, 2.24) is 19.1 Å². The maximum absolute atomic E-state index is 4.90. The van der Waals surface area contributed by atoms with Crippen molar-refractivity contribution in [1.29, 1.82) is 0 Å². The van der Waals surface area contributed by atoms with Crippen LogP contribution in [-0.2, 0) is 20.1 Å². The molecule has 4 aromatic rings. The molecule has 2 heterocycles. The second-order valence-corrected chi connectivity index (χ2v) is 6.67. The van der Waals surface area contributed by atoms with Crippen LogP contribution >= 0.6 is 0 Å². The fraction of sp³-hybridized carbons (Fsp3) is 0.182. The third-order valence-corrected chi connectivity index (χ3v) is 4.58. The molecule has 0 aliphatic heterocycles. The molecule has 0 saturated heterocycles. The van der Waals surface area contributed by atoms with Crippen LogP contribution in [0.3, 0.4) is 0 Å². The zero-order valence-corrected chi connectivity index (χ0v) is 18.2. The molecule has 1 radical (unpaired) electrons. The van der Waals surface area contributed by atoms with Gasteiger partial charge < -0.3 is 4.57 Å². The van der Waals surface area contributed by atoms with Crippen molar-refractivity contribution in [2.75, 3.05) is 0 Å². The fourth-order valence-electron chi connectivity index (χ4n) is 3.66. The Morgan fingerprint density at radius 2 is 1.74 bits per heavy atom. The van der Waals surface area contributed by atoms with E-state index in [-0.39, 0.29) is 20.1 Å². The largest absolute Gasteiger partial charge is 0.319 e. The van der Waals surface area contributed by atoms with Gasteiger partial charge in [-0.1, -0.05) is 17.7 Å². The number of benzene rings is 2. The van der Waals surface area contributed by atoms with E-state index in [1.54, 1.807) is 6.20 Å². The molecule has 4 rings (SSSR count). The molecule has 0 aliphatic rings. The number of imidazole rings is 2. The molecule has 2 aromatic heterocycles. The molecule has 0 amide bonds. The van der Waals surface area contributed by atoms with Crippen LogP contribution in [0.25, 0.3) is 22.9 Å². The Balaban J connectivity index is 0.00000210. The second-order valence-electron chi connectivity index (χ2n) is 6.67. The van der Waals surface area contributed by atoms with Crippen molar-refractivity contribution >= 4 is 0 Å². The standard InChI is InChI=1S/C22H21N4.Ir/c1-15-12-16(2)20(17(3)13-15)26-21(19-8-6-5-7-9-19)24-18(4)22(26)25-11-10-23-14-25;/h5-8,10-14H,1-4H3;/q-1;. The summed E-state index contributed by atoms with van der Waals surface area (Å²) < 4.78 is 4.25. The van der Waals surface area contributed by atoms with E-state index in [0.717, 1.165) is 28.6 Å². The Bertz CT molecular complexity index is 1040. The number of nitrogens with zero attached hydrogens (tertiary/aromatic N) is 4. The third kappa shape index (κ3) is 3.41. The van der Waals surface area contributed by atoms with E-state index < -0.39 is 0 Å². The minimum absolute atomic E-state index is 0. The first kappa shape index (κ1) is 19.3. The maximum atomic E-state index is 4.90. The van der Waals surface area contributed by atoms with Crippen LogP contribution in [-0.4, -0.2) is 19.1 Å². The number of aromatic nitrogens is 4. The Morgan fingerprint density at radius 1 is 1.00 bits per heavy atom. The molecule has 0 unspecified atom stereocenters. The van der Waals surface area contributed by atoms with Crippen LogP contribution < -0.4 is 0 Å². The molecule has 2 aromatic carbocycles. The summed E-state index contributed by atoms with van der Waals surface area (Å²) in [6, 6.07) is 15.7. The predicted octanol–water partition coefficient (Wildman–Crippen LogP) is 4.76. The summed E-state index contributed by atoms with van der Waals surface area (Å²) in [5, 5.41) is 0. The molecule has 0 aliphatic carbocycles. The Kier molecular flexibility index (Phi) is 5.45. The van der Waals surface area contributed by atoms with Crippen molar-refractivity contribution in [3.8, 4) is 22.9 Å². The Hall–Kier alpha value is -2.49. The number of hydrogen-bond acceptors (Lipinski definition) is 2. The van der Waals surface area contributed by atoms with Crippen LogP contribution in [0.5, 0.6) is 0 Å². The van der Waals surface area contributed by atoms with Crippen LogP contribution in [0.15, 0.2) is 55.1 Å². The van der Waals surface area contributed by atoms with E-state index in [9.17, 15) is 0 Å². The van der Waals surface area contributed by atoms with E-state index >= 15 is 0 Å². The van der Waals surface area contributed by atoms with Gasteiger partial charge in [0.15, 0.2) is 0 Å². The van der Waals surface area contributed by atoms with E-state index in [1.807, 2.05) is 42.2 Å². The van der Waals surface area contributed by atoms with Gasteiger partial charge in [0, 0.05) is 38.2 Å². The first-order chi connectivity index (χ1) is 12.6. The molecule has 0 spiro atoms. The van der Waals surface area contributed by atoms with Gasteiger partial charge in [-0.05, 0) is 38.8 Å². The molecule has 0 N–H and O–H groups in total. The Morgan fingerprint density at radius 3 is 2.33 bits per heavy atom. The average molecular weight is 534 g/mol. The van der Waals surface area contributed by atoms with Crippen molar-refractivity contribution in [2.45, 2.75) is 27.7 Å². The number of rotatable bonds is 3. The topological polar surface area (TPSA) is 35.6 Å². The molecule has 0 saturated carbocycles. The predicted molar refractivity (Wildman–Crippen MR) is 104 cm³/mol. The van der Waals surface area contributed by atoms with Crippen molar-refractivity contribution < 1.29 is 20.1 Å². The van der Waals surface area contributed by atoms with Gasteiger partial charge in [0.25, 0.3) is 0 Å². The van der Waals surface area contributed by atoms with Crippen molar-refractivity contribution in [3.05, 3.63) is 83.6 Å². The van der Waals surface area contributed by atoms with Gasteiger partial charge in [-0.3, -0.25) is 9.55 Å². The Labute approximate surface area is 173 Å². The van der Waals surface area contributed by atoms with Gasteiger partial charge in [-0.2, -0.15) is 0 Å². The van der Waals surface area contributed by atoms with Gasteiger partial charge in [-0.15, -0.1) is 35.9 Å². The van der Waals surface area contributed by atoms with Gasteiger partial charge in [0.1, 0.15) is 12.1 Å². The van der Waals surface area contributed by atoms with Crippen LogP contribution in [0.4, 0.5) is 0 Å². The first-order valence-corrected chi connectivity index (χ1v) is 8.69. The van der Waals surface area contributed by atoms with Gasteiger partial charge in [0.2, 0.25) is 0 Å². The smallest absolute Gasteiger partial charge is 0.136 e. The SMILES string of the molecule is Cc1cc(C)c(-n2c(-c3[c-]cccc3)nc(C)c2-n2ccnc2)c(C)c1.[Ir]. The summed E-state index contributed by atoms with van der Waals surface area (Å²) in [5.41, 5.74) is 6.79. The maximum Gasteiger partial charge on any atom is 0.136 e. The van der Waals surface area contributed by atoms with E-state index in [4.69, 9.17) is 4.98 Å². The summed E-state index contributed by atoms with van der Waals surface area (Å²) in [4.78, 5) is 9.13. The number of aryl methyl sites for hydroxylation is 4. The summed E-state index contributed by atoms with van der Waals surface area (Å²) >= 11 is 0. The minimum atomic E-state index is 0. The molecule has 139 valence electrons. The zero-order valence-electron chi connectivity index (χ0n) is 15.8. The summed E-state index contributed by atoms with van der Waals surface area (Å²) in [5.74, 6) is 1.90. The molecule has 4 nitrogen and oxygen atoms in total. The second kappa shape index (κ2) is 7.63. The zero-order chi connectivity index (χ0) is 18.3. The summed E-state index contributed by atoms with van der Waals surface area (Å²) in [6.45, 7) is 8.48. The third-order valence-electron chi connectivity index (χ3n) is 4.58. The van der Waals surface area contributed by atoms with Gasteiger partial charge >= 0.3 is 0 Å². The molecular formula is C22H21IrN4-. The molecule has 27 heavy (non-hydrogen) atoms. The quantitative estimate of drug-likeness (QED) is 0.356.